The van der Waals surface area contributed by atoms with Crippen molar-refractivity contribution in [3.05, 3.63) is 59.5 Å². The summed E-state index contributed by atoms with van der Waals surface area (Å²) in [7, 11) is 0. The van der Waals surface area contributed by atoms with E-state index in [1.807, 2.05) is 24.3 Å². The van der Waals surface area contributed by atoms with Gasteiger partial charge in [0.25, 0.3) is 0 Å². The van der Waals surface area contributed by atoms with Gasteiger partial charge < -0.3 is 15.4 Å². The smallest absolute Gasteiger partial charge is 0.213 e. The molecule has 0 bridgehead atoms. The SMILES string of the molecule is CCNC(=NCc1ccnc(OCC2CC2)c1)NC1CCN(Cc2ccc(F)cc2)CC1.I. The summed E-state index contributed by atoms with van der Waals surface area (Å²) in [5.74, 6) is 2.07. The largest absolute Gasteiger partial charge is 0.477 e. The molecule has 0 spiro atoms. The lowest BCUT2D eigenvalue weighted by Crippen LogP contribution is -2.48. The molecule has 2 aromatic rings. The summed E-state index contributed by atoms with van der Waals surface area (Å²) >= 11 is 0. The van der Waals surface area contributed by atoms with Gasteiger partial charge in [-0.05, 0) is 67.9 Å². The highest BCUT2D eigenvalue weighted by Crippen LogP contribution is 2.29. The Bertz CT molecular complexity index is 883. The second-order valence-corrected chi connectivity index (χ2v) is 8.77. The molecule has 6 nitrogen and oxygen atoms in total. The fourth-order valence-electron chi connectivity index (χ4n) is 3.88. The van der Waals surface area contributed by atoms with Gasteiger partial charge in [-0.25, -0.2) is 14.4 Å². The maximum absolute atomic E-state index is 13.1. The van der Waals surface area contributed by atoms with Crippen molar-refractivity contribution in [3.8, 4) is 5.88 Å². The minimum atomic E-state index is -0.180. The number of benzene rings is 1. The quantitative estimate of drug-likeness (QED) is 0.268. The number of nitrogens with one attached hydrogen (secondary N) is 2. The Hall–Kier alpha value is -1.94. The zero-order valence-electron chi connectivity index (χ0n) is 19.3. The van der Waals surface area contributed by atoms with Crippen LogP contribution in [0.3, 0.4) is 0 Å². The third kappa shape index (κ3) is 8.73. The zero-order valence-corrected chi connectivity index (χ0v) is 21.6. The van der Waals surface area contributed by atoms with Crippen molar-refractivity contribution in [1.29, 1.82) is 0 Å². The van der Waals surface area contributed by atoms with Gasteiger partial charge in [0.2, 0.25) is 5.88 Å². The third-order valence-corrected chi connectivity index (χ3v) is 5.97. The molecule has 2 fully saturated rings. The first kappa shape index (κ1) is 25.7. The highest BCUT2D eigenvalue weighted by molar-refractivity contribution is 14.0. The number of halogens is 2. The Morgan fingerprint density at radius 1 is 1.12 bits per heavy atom. The summed E-state index contributed by atoms with van der Waals surface area (Å²) in [5, 5.41) is 6.96. The van der Waals surface area contributed by atoms with Gasteiger partial charge in [0.1, 0.15) is 5.82 Å². The van der Waals surface area contributed by atoms with Crippen LogP contribution in [-0.2, 0) is 13.1 Å². The third-order valence-electron chi connectivity index (χ3n) is 5.97. The molecule has 8 heteroatoms. The van der Waals surface area contributed by atoms with Crippen LogP contribution in [0, 0.1) is 11.7 Å². The molecule has 1 saturated heterocycles. The summed E-state index contributed by atoms with van der Waals surface area (Å²) in [6.07, 6.45) is 6.45. The van der Waals surface area contributed by atoms with E-state index in [4.69, 9.17) is 9.73 Å². The van der Waals surface area contributed by atoms with Gasteiger partial charge in [-0.15, -0.1) is 24.0 Å². The Morgan fingerprint density at radius 2 is 1.88 bits per heavy atom. The van der Waals surface area contributed by atoms with E-state index in [1.54, 1.807) is 6.20 Å². The molecule has 1 aliphatic carbocycles. The summed E-state index contributed by atoms with van der Waals surface area (Å²) < 4.78 is 18.9. The van der Waals surface area contributed by atoms with Crippen molar-refractivity contribution < 1.29 is 9.13 Å². The lowest BCUT2D eigenvalue weighted by Gasteiger charge is -2.33. The monoisotopic (exact) mass is 567 g/mol. The first-order valence-electron chi connectivity index (χ1n) is 11.8. The van der Waals surface area contributed by atoms with Crippen LogP contribution in [0.2, 0.25) is 0 Å². The highest BCUT2D eigenvalue weighted by Gasteiger charge is 2.22. The molecule has 1 aliphatic heterocycles. The molecule has 0 atom stereocenters. The maximum Gasteiger partial charge on any atom is 0.213 e. The number of hydrogen-bond acceptors (Lipinski definition) is 4. The minimum absolute atomic E-state index is 0. The number of guanidine groups is 1. The number of ether oxygens (including phenoxy) is 1. The number of pyridine rings is 1. The molecular weight excluding hydrogens is 532 g/mol. The molecule has 0 radical (unpaired) electrons. The van der Waals surface area contributed by atoms with E-state index in [0.29, 0.717) is 24.4 Å². The Kier molecular flexibility index (Phi) is 10.2. The maximum atomic E-state index is 13.1. The molecule has 0 unspecified atom stereocenters. The number of rotatable bonds is 9. The van der Waals surface area contributed by atoms with E-state index >= 15 is 0 Å². The molecule has 180 valence electrons. The van der Waals surface area contributed by atoms with E-state index in [0.717, 1.165) is 62.7 Å². The van der Waals surface area contributed by atoms with Crippen LogP contribution in [0.1, 0.15) is 43.7 Å². The molecular formula is C25H35FIN5O. The minimum Gasteiger partial charge on any atom is -0.477 e. The van der Waals surface area contributed by atoms with Crippen molar-refractivity contribution in [2.24, 2.45) is 10.9 Å². The van der Waals surface area contributed by atoms with E-state index in [-0.39, 0.29) is 29.8 Å². The first-order chi connectivity index (χ1) is 15.7. The number of nitrogens with zero attached hydrogens (tertiary/aromatic N) is 3. The normalized spacial score (nSPS) is 17.3. The van der Waals surface area contributed by atoms with Gasteiger partial charge in [0.05, 0.1) is 13.2 Å². The average Bonchev–Trinajstić information content (AvgIpc) is 3.64. The fraction of sp³-hybridized carbons (Fsp3) is 0.520. The number of aromatic nitrogens is 1. The summed E-state index contributed by atoms with van der Waals surface area (Å²) in [6, 6.07) is 11.2. The van der Waals surface area contributed by atoms with Crippen LogP contribution in [0.5, 0.6) is 5.88 Å². The van der Waals surface area contributed by atoms with Gasteiger partial charge in [-0.1, -0.05) is 12.1 Å². The number of aliphatic imine (C=N–C) groups is 1. The predicted molar refractivity (Wildman–Crippen MR) is 141 cm³/mol. The van der Waals surface area contributed by atoms with Crippen LogP contribution < -0.4 is 15.4 Å². The van der Waals surface area contributed by atoms with Crippen molar-refractivity contribution in [2.45, 2.75) is 51.7 Å². The number of likely N-dealkylation sites (tertiary alicyclic amines) is 1. The lowest BCUT2D eigenvalue weighted by atomic mass is 10.0. The second kappa shape index (κ2) is 13.1. The van der Waals surface area contributed by atoms with E-state index in [9.17, 15) is 4.39 Å². The molecule has 0 amide bonds. The summed E-state index contributed by atoms with van der Waals surface area (Å²) in [4.78, 5) is 11.5. The highest BCUT2D eigenvalue weighted by atomic mass is 127. The summed E-state index contributed by atoms with van der Waals surface area (Å²) in [5.41, 5.74) is 2.25. The van der Waals surface area contributed by atoms with Crippen molar-refractivity contribution >= 4 is 29.9 Å². The van der Waals surface area contributed by atoms with Crippen LogP contribution in [-0.4, -0.2) is 48.1 Å². The lowest BCUT2D eigenvalue weighted by molar-refractivity contribution is 0.198. The van der Waals surface area contributed by atoms with Crippen LogP contribution >= 0.6 is 24.0 Å². The topological polar surface area (TPSA) is 61.8 Å². The first-order valence-corrected chi connectivity index (χ1v) is 11.8. The number of piperidine rings is 1. The fourth-order valence-corrected chi connectivity index (χ4v) is 3.88. The van der Waals surface area contributed by atoms with Gasteiger partial charge in [-0.3, -0.25) is 4.90 Å². The molecule has 4 rings (SSSR count). The second-order valence-electron chi connectivity index (χ2n) is 8.77. The summed E-state index contributed by atoms with van der Waals surface area (Å²) in [6.45, 7) is 7.15. The van der Waals surface area contributed by atoms with Crippen molar-refractivity contribution in [1.82, 2.24) is 20.5 Å². The van der Waals surface area contributed by atoms with Gasteiger partial charge in [0, 0.05) is 44.5 Å². The van der Waals surface area contributed by atoms with Crippen LogP contribution in [0.15, 0.2) is 47.6 Å². The van der Waals surface area contributed by atoms with Gasteiger partial charge in [-0.2, -0.15) is 0 Å². The molecule has 1 aromatic carbocycles. The number of hydrogen-bond donors (Lipinski definition) is 2. The zero-order chi connectivity index (χ0) is 22.2. The molecule has 1 saturated carbocycles. The Labute approximate surface area is 213 Å². The molecule has 2 N–H and O–H groups in total. The van der Waals surface area contributed by atoms with E-state index in [1.165, 1.54) is 25.0 Å². The van der Waals surface area contributed by atoms with E-state index < -0.39 is 0 Å². The Morgan fingerprint density at radius 3 is 2.58 bits per heavy atom. The standard InChI is InChI=1S/C25H34FN5O.HI/c1-2-27-25(29-16-21-9-12-28-24(15-21)32-18-20-3-4-20)30-23-10-13-31(14-11-23)17-19-5-7-22(26)8-6-19;/h5-9,12,15,20,23H,2-4,10-11,13-14,16-18H2,1H3,(H2,27,29,30);1H. The van der Waals surface area contributed by atoms with E-state index in [2.05, 4.69) is 27.4 Å². The van der Waals surface area contributed by atoms with Crippen molar-refractivity contribution in [2.75, 3.05) is 26.2 Å². The van der Waals surface area contributed by atoms with Crippen LogP contribution in [0.25, 0.3) is 0 Å². The molecule has 2 aliphatic rings. The van der Waals surface area contributed by atoms with Gasteiger partial charge >= 0.3 is 0 Å². The molecule has 2 heterocycles. The predicted octanol–water partition coefficient (Wildman–Crippen LogP) is 4.35. The average molecular weight is 567 g/mol. The van der Waals surface area contributed by atoms with Crippen LogP contribution in [0.4, 0.5) is 4.39 Å². The molecule has 33 heavy (non-hydrogen) atoms. The van der Waals surface area contributed by atoms with Gasteiger partial charge in [0.15, 0.2) is 5.96 Å². The Balaban J connectivity index is 0.00000306. The van der Waals surface area contributed by atoms with Crippen molar-refractivity contribution in [3.63, 3.8) is 0 Å². The molecule has 1 aromatic heterocycles.